The molecule has 0 spiro atoms. The number of rotatable bonds is 4. The number of nitrogens with zero attached hydrogens (tertiary/aromatic N) is 4. The van der Waals surface area contributed by atoms with Crippen LogP contribution in [0.3, 0.4) is 0 Å². The fourth-order valence-corrected chi connectivity index (χ4v) is 2.47. The van der Waals surface area contributed by atoms with Gasteiger partial charge in [0.05, 0.1) is 19.0 Å². The standard InChI is InChI=1S/C15H16ClN5O/c1-20(9-10-3-5-11(22-2)6-4-10)14-7-13(16)19-15-12(17)8-18-21(14)15/h3-8H,9,17H2,1-2H3. The molecule has 0 amide bonds. The van der Waals surface area contributed by atoms with Crippen molar-refractivity contribution in [2.45, 2.75) is 6.54 Å². The van der Waals surface area contributed by atoms with Gasteiger partial charge in [-0.2, -0.15) is 9.61 Å². The molecule has 114 valence electrons. The molecule has 0 aliphatic rings. The average Bonchev–Trinajstić information content (AvgIpc) is 2.88. The topological polar surface area (TPSA) is 68.7 Å². The summed E-state index contributed by atoms with van der Waals surface area (Å²) in [7, 11) is 3.62. The second-order valence-corrected chi connectivity index (χ2v) is 5.36. The van der Waals surface area contributed by atoms with Crippen LogP contribution < -0.4 is 15.4 Å². The molecule has 2 N–H and O–H groups in total. The van der Waals surface area contributed by atoms with E-state index in [-0.39, 0.29) is 0 Å². The van der Waals surface area contributed by atoms with E-state index in [2.05, 4.69) is 10.1 Å². The molecule has 2 aromatic heterocycles. The first-order chi connectivity index (χ1) is 10.6. The summed E-state index contributed by atoms with van der Waals surface area (Å²) in [6.45, 7) is 0.694. The molecule has 3 aromatic rings. The Morgan fingerprint density at radius 3 is 2.73 bits per heavy atom. The number of fused-ring (bicyclic) bond motifs is 1. The van der Waals surface area contributed by atoms with Gasteiger partial charge >= 0.3 is 0 Å². The minimum absolute atomic E-state index is 0.385. The molecule has 0 aliphatic carbocycles. The molecule has 2 heterocycles. The molecule has 0 saturated carbocycles. The second kappa shape index (κ2) is 5.73. The lowest BCUT2D eigenvalue weighted by Gasteiger charge is -2.20. The number of halogens is 1. The normalized spacial score (nSPS) is 10.9. The highest BCUT2D eigenvalue weighted by Crippen LogP contribution is 2.23. The zero-order valence-corrected chi connectivity index (χ0v) is 13.1. The third-order valence-electron chi connectivity index (χ3n) is 3.42. The van der Waals surface area contributed by atoms with Crippen molar-refractivity contribution < 1.29 is 4.74 Å². The maximum Gasteiger partial charge on any atom is 0.182 e. The van der Waals surface area contributed by atoms with E-state index in [4.69, 9.17) is 22.1 Å². The van der Waals surface area contributed by atoms with Gasteiger partial charge in [-0.25, -0.2) is 4.98 Å². The van der Waals surface area contributed by atoms with Crippen LogP contribution in [0.1, 0.15) is 5.56 Å². The highest BCUT2D eigenvalue weighted by molar-refractivity contribution is 6.29. The van der Waals surface area contributed by atoms with Crippen LogP contribution in [0, 0.1) is 0 Å². The van der Waals surface area contributed by atoms with E-state index in [1.54, 1.807) is 23.9 Å². The molecule has 0 atom stereocenters. The average molecular weight is 318 g/mol. The molecule has 1 aromatic carbocycles. The summed E-state index contributed by atoms with van der Waals surface area (Å²) in [6, 6.07) is 9.68. The van der Waals surface area contributed by atoms with Crippen LogP contribution in [0.25, 0.3) is 5.65 Å². The van der Waals surface area contributed by atoms with Crippen LogP contribution in [-0.4, -0.2) is 28.8 Å². The van der Waals surface area contributed by atoms with Gasteiger partial charge in [-0.3, -0.25) is 0 Å². The molecule has 3 rings (SSSR count). The van der Waals surface area contributed by atoms with E-state index in [1.807, 2.05) is 36.2 Å². The molecule has 0 unspecified atom stereocenters. The summed E-state index contributed by atoms with van der Waals surface area (Å²) >= 11 is 6.09. The van der Waals surface area contributed by atoms with Gasteiger partial charge in [0.1, 0.15) is 16.7 Å². The predicted molar refractivity (Wildman–Crippen MR) is 87.5 cm³/mol. The maximum atomic E-state index is 6.09. The van der Waals surface area contributed by atoms with E-state index in [9.17, 15) is 0 Å². The van der Waals surface area contributed by atoms with Gasteiger partial charge in [-0.15, -0.1) is 0 Å². The van der Waals surface area contributed by atoms with Crippen molar-refractivity contribution in [1.29, 1.82) is 0 Å². The van der Waals surface area contributed by atoms with Crippen LogP contribution in [-0.2, 0) is 6.54 Å². The maximum absolute atomic E-state index is 6.09. The summed E-state index contributed by atoms with van der Waals surface area (Å²) in [5, 5.41) is 4.64. The van der Waals surface area contributed by atoms with Crippen molar-refractivity contribution >= 4 is 28.8 Å². The van der Waals surface area contributed by atoms with Gasteiger partial charge < -0.3 is 15.4 Å². The van der Waals surface area contributed by atoms with E-state index in [1.165, 1.54) is 0 Å². The van der Waals surface area contributed by atoms with Crippen molar-refractivity contribution in [2.24, 2.45) is 0 Å². The van der Waals surface area contributed by atoms with Crippen molar-refractivity contribution in [3.8, 4) is 5.75 Å². The quantitative estimate of drug-likeness (QED) is 0.749. The van der Waals surface area contributed by atoms with Crippen molar-refractivity contribution in [1.82, 2.24) is 14.6 Å². The van der Waals surface area contributed by atoms with E-state index < -0.39 is 0 Å². The zero-order valence-electron chi connectivity index (χ0n) is 12.3. The fraction of sp³-hybridized carbons (Fsp3) is 0.200. The molecule has 22 heavy (non-hydrogen) atoms. The van der Waals surface area contributed by atoms with Crippen LogP contribution >= 0.6 is 11.6 Å². The minimum Gasteiger partial charge on any atom is -0.497 e. The highest BCUT2D eigenvalue weighted by Gasteiger charge is 2.12. The predicted octanol–water partition coefficient (Wildman–Crippen LogP) is 2.61. The van der Waals surface area contributed by atoms with E-state index in [0.717, 1.165) is 17.1 Å². The highest BCUT2D eigenvalue weighted by atomic mass is 35.5. The molecular weight excluding hydrogens is 302 g/mol. The van der Waals surface area contributed by atoms with Gasteiger partial charge in [0, 0.05) is 19.7 Å². The number of benzene rings is 1. The van der Waals surface area contributed by atoms with Crippen LogP contribution in [0.5, 0.6) is 5.75 Å². The van der Waals surface area contributed by atoms with E-state index in [0.29, 0.717) is 23.0 Å². The van der Waals surface area contributed by atoms with Crippen LogP contribution in [0.15, 0.2) is 36.5 Å². The van der Waals surface area contributed by atoms with Gasteiger partial charge in [0.2, 0.25) is 0 Å². The van der Waals surface area contributed by atoms with Gasteiger partial charge in [0.25, 0.3) is 0 Å². The largest absolute Gasteiger partial charge is 0.497 e. The lowest BCUT2D eigenvalue weighted by molar-refractivity contribution is 0.414. The van der Waals surface area contributed by atoms with Gasteiger partial charge in [-0.05, 0) is 17.7 Å². The molecule has 0 fully saturated rings. The minimum atomic E-state index is 0.385. The third-order valence-corrected chi connectivity index (χ3v) is 3.61. The number of methoxy groups -OCH3 is 1. The third kappa shape index (κ3) is 2.65. The molecule has 0 bridgehead atoms. The Hall–Kier alpha value is -2.47. The molecule has 7 heteroatoms. The Balaban J connectivity index is 1.92. The Morgan fingerprint density at radius 1 is 1.32 bits per heavy atom. The monoisotopic (exact) mass is 317 g/mol. The number of nitrogen functional groups attached to an aromatic ring is 1. The first kappa shape index (κ1) is 14.5. The summed E-state index contributed by atoms with van der Waals surface area (Å²) in [5.41, 5.74) is 8.07. The zero-order chi connectivity index (χ0) is 15.7. The van der Waals surface area contributed by atoms with Crippen molar-refractivity contribution in [2.75, 3.05) is 24.8 Å². The molecule has 6 nitrogen and oxygen atoms in total. The first-order valence-electron chi connectivity index (χ1n) is 6.72. The lowest BCUT2D eigenvalue weighted by atomic mass is 10.2. The first-order valence-corrected chi connectivity index (χ1v) is 7.10. The van der Waals surface area contributed by atoms with Gasteiger partial charge in [0.15, 0.2) is 5.65 Å². The molecular formula is C15H16ClN5O. The van der Waals surface area contributed by atoms with Crippen LogP contribution in [0.4, 0.5) is 11.5 Å². The SMILES string of the molecule is COc1ccc(CN(C)c2cc(Cl)nc3c(N)cnn23)cc1. The van der Waals surface area contributed by atoms with Crippen LogP contribution in [0.2, 0.25) is 5.15 Å². The molecule has 0 radical (unpaired) electrons. The Labute approximate surface area is 133 Å². The summed E-state index contributed by atoms with van der Waals surface area (Å²) in [6.07, 6.45) is 1.57. The second-order valence-electron chi connectivity index (χ2n) is 4.98. The Kier molecular flexibility index (Phi) is 3.77. The number of ether oxygens (including phenoxy) is 1. The van der Waals surface area contributed by atoms with E-state index >= 15 is 0 Å². The summed E-state index contributed by atoms with van der Waals surface area (Å²) in [5.74, 6) is 1.66. The molecule has 0 aliphatic heterocycles. The number of nitrogens with two attached hydrogens (primary N) is 1. The van der Waals surface area contributed by atoms with Crippen molar-refractivity contribution in [3.05, 3.63) is 47.2 Å². The lowest BCUT2D eigenvalue weighted by Crippen LogP contribution is -2.20. The number of hydrogen-bond acceptors (Lipinski definition) is 5. The Morgan fingerprint density at radius 2 is 2.05 bits per heavy atom. The summed E-state index contributed by atoms with van der Waals surface area (Å²) < 4.78 is 6.85. The smallest absolute Gasteiger partial charge is 0.182 e. The Bertz CT molecular complexity index is 800. The number of hydrogen-bond donors (Lipinski definition) is 1. The summed E-state index contributed by atoms with van der Waals surface area (Å²) in [4.78, 5) is 6.24. The fourth-order valence-electron chi connectivity index (χ4n) is 2.29. The number of anilines is 2. The number of aromatic nitrogens is 3. The van der Waals surface area contributed by atoms with Gasteiger partial charge in [-0.1, -0.05) is 23.7 Å². The molecule has 0 saturated heterocycles. The van der Waals surface area contributed by atoms with Crippen molar-refractivity contribution in [3.63, 3.8) is 0 Å².